The lowest BCUT2D eigenvalue weighted by Gasteiger charge is -2.07. The Morgan fingerprint density at radius 1 is 1.10 bits per heavy atom. The highest BCUT2D eigenvalue weighted by Crippen LogP contribution is 2.12. The van der Waals surface area contributed by atoms with E-state index in [0.717, 1.165) is 6.42 Å². The van der Waals surface area contributed by atoms with Gasteiger partial charge in [0.15, 0.2) is 19.0 Å². The zero-order chi connectivity index (χ0) is 15.7. The van der Waals surface area contributed by atoms with Gasteiger partial charge >= 0.3 is 5.97 Å². The predicted octanol–water partition coefficient (Wildman–Crippen LogP) is 1.34. The number of carbonyl (C=O) groups is 3. The largest absolute Gasteiger partial charge is 0.482 e. The molecule has 21 heavy (non-hydrogen) atoms. The topological polar surface area (TPSA) is 81.7 Å². The Bertz CT molecular complexity index is 495. The molecule has 1 aromatic carbocycles. The van der Waals surface area contributed by atoms with Crippen LogP contribution in [0.5, 0.6) is 5.75 Å². The van der Waals surface area contributed by atoms with Gasteiger partial charge in [-0.1, -0.05) is 6.92 Å². The van der Waals surface area contributed by atoms with Gasteiger partial charge in [-0.05, 0) is 37.6 Å². The van der Waals surface area contributed by atoms with Crippen LogP contribution in [-0.4, -0.2) is 37.4 Å². The molecule has 6 heteroatoms. The number of carbonyl (C=O) groups excluding carboxylic acids is 3. The van der Waals surface area contributed by atoms with E-state index in [-0.39, 0.29) is 24.9 Å². The highest BCUT2D eigenvalue weighted by atomic mass is 16.6. The van der Waals surface area contributed by atoms with E-state index in [4.69, 9.17) is 9.47 Å². The zero-order valence-corrected chi connectivity index (χ0v) is 12.2. The molecule has 0 fully saturated rings. The van der Waals surface area contributed by atoms with Crippen LogP contribution in [0.15, 0.2) is 24.3 Å². The van der Waals surface area contributed by atoms with Gasteiger partial charge in [-0.15, -0.1) is 0 Å². The second kappa shape index (κ2) is 8.73. The van der Waals surface area contributed by atoms with E-state index in [0.29, 0.717) is 17.9 Å². The molecule has 1 rings (SSSR count). The summed E-state index contributed by atoms with van der Waals surface area (Å²) < 4.78 is 9.95. The fourth-order valence-corrected chi connectivity index (χ4v) is 1.43. The molecule has 1 N–H and O–H groups in total. The molecule has 1 aromatic rings. The van der Waals surface area contributed by atoms with Crippen LogP contribution in [-0.2, 0) is 14.3 Å². The molecule has 0 bridgehead atoms. The number of hydrogen-bond acceptors (Lipinski definition) is 5. The van der Waals surface area contributed by atoms with Crippen LogP contribution in [0.4, 0.5) is 0 Å². The van der Waals surface area contributed by atoms with Gasteiger partial charge in [-0.25, -0.2) is 4.79 Å². The van der Waals surface area contributed by atoms with Crippen LogP contribution in [0, 0.1) is 0 Å². The Morgan fingerprint density at radius 3 is 2.33 bits per heavy atom. The predicted molar refractivity (Wildman–Crippen MR) is 76.2 cm³/mol. The SMILES string of the molecule is CCCNC(=O)COC(=O)COc1ccc(C(C)=O)cc1. The summed E-state index contributed by atoms with van der Waals surface area (Å²) in [7, 11) is 0. The number of Topliss-reactive ketones (excluding diaryl/α,β-unsaturated/α-hetero) is 1. The van der Waals surface area contributed by atoms with Crippen molar-refractivity contribution in [3.8, 4) is 5.75 Å². The minimum absolute atomic E-state index is 0.0425. The molecule has 0 aromatic heterocycles. The molecule has 0 spiro atoms. The summed E-state index contributed by atoms with van der Waals surface area (Å²) in [6.07, 6.45) is 0.819. The Morgan fingerprint density at radius 2 is 1.76 bits per heavy atom. The number of hydrogen-bond donors (Lipinski definition) is 1. The third kappa shape index (κ3) is 6.56. The molecule has 0 saturated carbocycles. The van der Waals surface area contributed by atoms with Crippen LogP contribution in [0.3, 0.4) is 0 Å². The molecule has 0 unspecified atom stereocenters. The van der Waals surface area contributed by atoms with Gasteiger partial charge in [0.1, 0.15) is 5.75 Å². The molecular weight excluding hydrogens is 274 g/mol. The average molecular weight is 293 g/mol. The molecule has 1 amide bonds. The van der Waals surface area contributed by atoms with E-state index in [1.807, 2.05) is 6.92 Å². The molecule has 0 aliphatic carbocycles. The van der Waals surface area contributed by atoms with Crippen molar-refractivity contribution < 1.29 is 23.9 Å². The van der Waals surface area contributed by atoms with Crippen molar-refractivity contribution in [2.24, 2.45) is 0 Å². The van der Waals surface area contributed by atoms with Crippen molar-refractivity contribution in [2.45, 2.75) is 20.3 Å². The number of benzene rings is 1. The van der Waals surface area contributed by atoms with Crippen molar-refractivity contribution in [1.29, 1.82) is 0 Å². The Labute approximate surface area is 123 Å². The Hall–Kier alpha value is -2.37. The minimum atomic E-state index is -0.628. The standard InChI is InChI=1S/C15H19NO5/c1-3-8-16-14(18)9-21-15(19)10-20-13-6-4-12(5-7-13)11(2)17/h4-7H,3,8-10H2,1-2H3,(H,16,18). The fourth-order valence-electron chi connectivity index (χ4n) is 1.43. The molecule has 0 aliphatic rings. The van der Waals surface area contributed by atoms with Crippen LogP contribution < -0.4 is 10.1 Å². The number of amides is 1. The first-order valence-corrected chi connectivity index (χ1v) is 6.69. The molecule has 0 aliphatic heterocycles. The minimum Gasteiger partial charge on any atom is -0.482 e. The van der Waals surface area contributed by atoms with Crippen LogP contribution in [0.1, 0.15) is 30.6 Å². The molecule has 0 atom stereocenters. The first-order chi connectivity index (χ1) is 10.0. The van der Waals surface area contributed by atoms with E-state index in [9.17, 15) is 14.4 Å². The maximum atomic E-state index is 11.4. The van der Waals surface area contributed by atoms with Gasteiger partial charge < -0.3 is 14.8 Å². The first kappa shape index (κ1) is 16.7. The zero-order valence-electron chi connectivity index (χ0n) is 12.2. The van der Waals surface area contributed by atoms with Crippen molar-refractivity contribution in [3.63, 3.8) is 0 Å². The monoisotopic (exact) mass is 293 g/mol. The lowest BCUT2D eigenvalue weighted by Crippen LogP contribution is -2.30. The van der Waals surface area contributed by atoms with E-state index < -0.39 is 5.97 Å². The summed E-state index contributed by atoms with van der Waals surface area (Å²) in [4.78, 5) is 33.7. The van der Waals surface area contributed by atoms with Crippen molar-refractivity contribution in [3.05, 3.63) is 29.8 Å². The van der Waals surface area contributed by atoms with Gasteiger partial charge in [0.25, 0.3) is 5.91 Å². The normalized spacial score (nSPS) is 9.81. The summed E-state index contributed by atoms with van der Waals surface area (Å²) in [5.41, 5.74) is 0.567. The van der Waals surface area contributed by atoms with Crippen molar-refractivity contribution >= 4 is 17.7 Å². The first-order valence-electron chi connectivity index (χ1n) is 6.69. The van der Waals surface area contributed by atoms with E-state index in [2.05, 4.69) is 5.32 Å². The second-order valence-corrected chi connectivity index (χ2v) is 4.38. The molecular formula is C15H19NO5. The number of nitrogens with one attached hydrogen (secondary N) is 1. The molecule has 0 heterocycles. The Balaban J connectivity index is 2.29. The summed E-state index contributed by atoms with van der Waals surface area (Å²) >= 11 is 0. The summed E-state index contributed by atoms with van der Waals surface area (Å²) in [6, 6.07) is 6.42. The number of ether oxygens (including phenoxy) is 2. The summed E-state index contributed by atoms with van der Waals surface area (Å²) in [5.74, 6) is -0.556. The van der Waals surface area contributed by atoms with Gasteiger partial charge in [0, 0.05) is 12.1 Å². The van der Waals surface area contributed by atoms with Crippen molar-refractivity contribution in [2.75, 3.05) is 19.8 Å². The number of rotatable bonds is 8. The van der Waals surface area contributed by atoms with Crippen LogP contribution >= 0.6 is 0 Å². The number of ketones is 1. The summed E-state index contributed by atoms with van der Waals surface area (Å²) in [5, 5.41) is 2.59. The quantitative estimate of drug-likeness (QED) is 0.578. The molecule has 6 nitrogen and oxygen atoms in total. The van der Waals surface area contributed by atoms with Crippen molar-refractivity contribution in [1.82, 2.24) is 5.32 Å². The van der Waals surface area contributed by atoms with Gasteiger partial charge in [-0.2, -0.15) is 0 Å². The molecule has 114 valence electrons. The van der Waals surface area contributed by atoms with Crippen LogP contribution in [0.2, 0.25) is 0 Å². The summed E-state index contributed by atoms with van der Waals surface area (Å²) in [6.45, 7) is 3.34. The highest BCUT2D eigenvalue weighted by molar-refractivity contribution is 5.94. The smallest absolute Gasteiger partial charge is 0.344 e. The fraction of sp³-hybridized carbons (Fsp3) is 0.400. The second-order valence-electron chi connectivity index (χ2n) is 4.38. The van der Waals surface area contributed by atoms with E-state index >= 15 is 0 Å². The third-order valence-electron chi connectivity index (χ3n) is 2.55. The number of esters is 1. The van der Waals surface area contributed by atoms with Gasteiger partial charge in [0.05, 0.1) is 0 Å². The third-order valence-corrected chi connectivity index (χ3v) is 2.55. The lowest BCUT2D eigenvalue weighted by molar-refractivity contribution is -0.150. The molecule has 0 radical (unpaired) electrons. The van der Waals surface area contributed by atoms with E-state index in [1.165, 1.54) is 6.92 Å². The highest BCUT2D eigenvalue weighted by Gasteiger charge is 2.08. The van der Waals surface area contributed by atoms with E-state index in [1.54, 1.807) is 24.3 Å². The van der Waals surface area contributed by atoms with Gasteiger partial charge in [-0.3, -0.25) is 9.59 Å². The average Bonchev–Trinajstić information content (AvgIpc) is 2.49. The maximum absolute atomic E-state index is 11.4. The van der Waals surface area contributed by atoms with Gasteiger partial charge in [0.2, 0.25) is 0 Å². The lowest BCUT2D eigenvalue weighted by atomic mass is 10.1. The molecule has 0 saturated heterocycles. The maximum Gasteiger partial charge on any atom is 0.344 e. The Kier molecular flexibility index (Phi) is 6.94. The van der Waals surface area contributed by atoms with Crippen LogP contribution in [0.25, 0.3) is 0 Å².